The number of amides is 1. The minimum Gasteiger partial charge on any atom is -0.379 e. The first kappa shape index (κ1) is 12.5. The smallest absolute Gasteiger partial charge is 0.229 e. The number of hydrogen-bond acceptors (Lipinski definition) is 5. The third-order valence-electron chi connectivity index (χ3n) is 3.14. The first-order chi connectivity index (χ1) is 8.13. The van der Waals surface area contributed by atoms with Crippen molar-refractivity contribution >= 4 is 17.2 Å². The van der Waals surface area contributed by atoms with Gasteiger partial charge in [-0.3, -0.25) is 4.79 Å². The van der Waals surface area contributed by atoms with Crippen LogP contribution < -0.4 is 11.1 Å². The van der Waals surface area contributed by atoms with Crippen molar-refractivity contribution in [1.29, 1.82) is 0 Å². The summed E-state index contributed by atoms with van der Waals surface area (Å²) in [5.74, 6) is -0.0287. The summed E-state index contributed by atoms with van der Waals surface area (Å²) < 4.78 is 5.25. The fraction of sp³-hybridized carbons (Fsp3) is 0.636. The number of nitrogens with zero attached hydrogens (tertiary/aromatic N) is 1. The second-order valence-corrected chi connectivity index (χ2v) is 5.45. The first-order valence-corrected chi connectivity index (χ1v) is 6.51. The maximum Gasteiger partial charge on any atom is 0.229 e. The van der Waals surface area contributed by atoms with Gasteiger partial charge in [-0.05, 0) is 6.92 Å². The minimum absolute atomic E-state index is 0.0287. The van der Waals surface area contributed by atoms with Crippen molar-refractivity contribution in [3.05, 3.63) is 16.6 Å². The Morgan fingerprint density at radius 1 is 1.82 bits per heavy atom. The summed E-state index contributed by atoms with van der Waals surface area (Å²) in [5, 5.41) is 5.86. The molecule has 17 heavy (non-hydrogen) atoms. The average molecular weight is 255 g/mol. The van der Waals surface area contributed by atoms with Crippen molar-refractivity contribution in [1.82, 2.24) is 10.3 Å². The van der Waals surface area contributed by atoms with Gasteiger partial charge in [-0.1, -0.05) is 0 Å². The van der Waals surface area contributed by atoms with Gasteiger partial charge in [0.25, 0.3) is 0 Å². The van der Waals surface area contributed by atoms with Gasteiger partial charge < -0.3 is 15.8 Å². The molecule has 2 unspecified atom stereocenters. The fourth-order valence-electron chi connectivity index (χ4n) is 1.78. The quantitative estimate of drug-likeness (QED) is 0.804. The highest BCUT2D eigenvalue weighted by Crippen LogP contribution is 2.26. The van der Waals surface area contributed by atoms with E-state index in [1.807, 2.05) is 12.3 Å². The Hall–Kier alpha value is -0.980. The molecule has 5 nitrogen and oxygen atoms in total. The van der Waals surface area contributed by atoms with Crippen LogP contribution in [0.4, 0.5) is 0 Å². The third-order valence-corrected chi connectivity index (χ3v) is 3.98. The lowest BCUT2D eigenvalue weighted by Gasteiger charge is -2.25. The second-order valence-electron chi connectivity index (χ2n) is 4.47. The number of hydrogen-bond donors (Lipinski definition) is 2. The van der Waals surface area contributed by atoms with E-state index in [0.29, 0.717) is 19.8 Å². The number of nitrogens with one attached hydrogen (secondary N) is 1. The van der Waals surface area contributed by atoms with E-state index < -0.39 is 5.41 Å². The normalized spacial score (nSPS) is 28.2. The van der Waals surface area contributed by atoms with E-state index in [9.17, 15) is 4.79 Å². The molecule has 2 rings (SSSR count). The lowest BCUT2D eigenvalue weighted by atomic mass is 9.85. The molecule has 94 valence electrons. The molecule has 1 aromatic heterocycles. The number of carbonyl (C=O) groups excluding carboxylic acids is 1. The molecule has 3 N–H and O–H groups in total. The van der Waals surface area contributed by atoms with E-state index in [1.165, 1.54) is 0 Å². The number of thiazole rings is 1. The van der Waals surface area contributed by atoms with Crippen LogP contribution in [-0.4, -0.2) is 36.7 Å². The van der Waals surface area contributed by atoms with Crippen LogP contribution in [0.3, 0.4) is 0 Å². The molecule has 0 spiro atoms. The molecule has 2 atom stereocenters. The molecule has 1 aliphatic heterocycles. The zero-order valence-electron chi connectivity index (χ0n) is 9.81. The van der Waals surface area contributed by atoms with Crippen LogP contribution in [0.1, 0.15) is 11.9 Å². The Bertz CT molecular complexity index is 382. The van der Waals surface area contributed by atoms with E-state index in [2.05, 4.69) is 10.3 Å². The molecule has 2 heterocycles. The number of rotatable bonds is 4. The Balaban J connectivity index is 1.81. The summed E-state index contributed by atoms with van der Waals surface area (Å²) in [6, 6.07) is -0.220. The van der Waals surface area contributed by atoms with Crippen LogP contribution >= 0.6 is 11.3 Å². The van der Waals surface area contributed by atoms with Crippen LogP contribution in [0.5, 0.6) is 0 Å². The molecule has 0 bridgehead atoms. The molecule has 1 fully saturated rings. The maximum atomic E-state index is 12.0. The summed E-state index contributed by atoms with van der Waals surface area (Å²) in [4.78, 5) is 16.2. The topological polar surface area (TPSA) is 77.2 Å². The second kappa shape index (κ2) is 5.12. The molecular weight excluding hydrogens is 238 g/mol. The standard InChI is InChI=1S/C11H17N3O2S/c1-11(7-16-6-8(11)12)10(15)14-3-2-9-13-4-5-17-9/h4-5,8H,2-3,6-7,12H2,1H3,(H,14,15). The molecule has 1 aliphatic rings. The van der Waals surface area contributed by atoms with Gasteiger partial charge in [-0.15, -0.1) is 11.3 Å². The van der Waals surface area contributed by atoms with Crippen molar-refractivity contribution in [3.8, 4) is 0 Å². The van der Waals surface area contributed by atoms with Crippen molar-refractivity contribution < 1.29 is 9.53 Å². The third kappa shape index (κ3) is 2.65. The highest BCUT2D eigenvalue weighted by Gasteiger charge is 2.44. The summed E-state index contributed by atoms with van der Waals surface area (Å²) in [5.41, 5.74) is 5.29. The lowest BCUT2D eigenvalue weighted by molar-refractivity contribution is -0.130. The van der Waals surface area contributed by atoms with Gasteiger partial charge in [-0.25, -0.2) is 4.98 Å². The van der Waals surface area contributed by atoms with Crippen LogP contribution in [0.15, 0.2) is 11.6 Å². The monoisotopic (exact) mass is 255 g/mol. The summed E-state index contributed by atoms with van der Waals surface area (Å²) in [6.07, 6.45) is 2.53. The Labute approximate surface area is 104 Å². The van der Waals surface area contributed by atoms with Gasteiger partial charge >= 0.3 is 0 Å². The molecule has 1 saturated heterocycles. The minimum atomic E-state index is -0.594. The predicted molar refractivity (Wildman–Crippen MR) is 65.7 cm³/mol. The van der Waals surface area contributed by atoms with Gasteiger partial charge in [0.05, 0.1) is 23.6 Å². The van der Waals surface area contributed by atoms with E-state index >= 15 is 0 Å². The van der Waals surface area contributed by atoms with E-state index in [0.717, 1.165) is 11.4 Å². The Kier molecular flexibility index (Phi) is 3.76. The molecule has 0 aromatic carbocycles. The lowest BCUT2D eigenvalue weighted by Crippen LogP contribution is -2.50. The molecule has 1 amide bonds. The summed E-state index contributed by atoms with van der Waals surface area (Å²) >= 11 is 1.59. The van der Waals surface area contributed by atoms with E-state index in [1.54, 1.807) is 17.5 Å². The van der Waals surface area contributed by atoms with E-state index in [-0.39, 0.29) is 11.9 Å². The zero-order chi connectivity index (χ0) is 12.3. The van der Waals surface area contributed by atoms with Crippen molar-refractivity contribution in [2.24, 2.45) is 11.1 Å². The Morgan fingerprint density at radius 2 is 2.65 bits per heavy atom. The fourth-order valence-corrected chi connectivity index (χ4v) is 2.40. The highest BCUT2D eigenvalue weighted by atomic mass is 32.1. The molecule has 1 aromatic rings. The first-order valence-electron chi connectivity index (χ1n) is 5.63. The van der Waals surface area contributed by atoms with Gasteiger partial charge in [0.1, 0.15) is 0 Å². The van der Waals surface area contributed by atoms with Crippen molar-refractivity contribution in [3.63, 3.8) is 0 Å². The molecule has 0 aliphatic carbocycles. The molecular formula is C11H17N3O2S. The Morgan fingerprint density at radius 3 is 3.24 bits per heavy atom. The average Bonchev–Trinajstić information content (AvgIpc) is 2.91. The number of aromatic nitrogens is 1. The SMILES string of the molecule is CC1(C(=O)NCCc2nccs2)COCC1N. The molecule has 0 saturated carbocycles. The maximum absolute atomic E-state index is 12.0. The number of carbonyl (C=O) groups is 1. The van der Waals surface area contributed by atoms with Crippen LogP contribution in [0.2, 0.25) is 0 Å². The van der Waals surface area contributed by atoms with Crippen LogP contribution in [-0.2, 0) is 16.0 Å². The van der Waals surface area contributed by atoms with Gasteiger partial charge in [0, 0.05) is 30.6 Å². The number of ether oxygens (including phenoxy) is 1. The van der Waals surface area contributed by atoms with Crippen LogP contribution in [0.25, 0.3) is 0 Å². The summed E-state index contributed by atoms with van der Waals surface area (Å²) in [7, 11) is 0. The van der Waals surface area contributed by atoms with Crippen molar-refractivity contribution in [2.45, 2.75) is 19.4 Å². The summed E-state index contributed by atoms with van der Waals surface area (Å²) in [6.45, 7) is 3.30. The van der Waals surface area contributed by atoms with Crippen molar-refractivity contribution in [2.75, 3.05) is 19.8 Å². The molecule has 6 heteroatoms. The molecule has 0 radical (unpaired) electrons. The zero-order valence-corrected chi connectivity index (χ0v) is 10.6. The predicted octanol–water partition coefficient (Wildman–Crippen LogP) is 0.166. The number of nitrogens with two attached hydrogens (primary N) is 1. The van der Waals surface area contributed by atoms with Crippen LogP contribution in [0, 0.1) is 5.41 Å². The highest BCUT2D eigenvalue weighted by molar-refractivity contribution is 7.09. The largest absolute Gasteiger partial charge is 0.379 e. The van der Waals surface area contributed by atoms with Gasteiger partial charge in [0.2, 0.25) is 5.91 Å². The van der Waals surface area contributed by atoms with Gasteiger partial charge in [0.15, 0.2) is 0 Å². The van der Waals surface area contributed by atoms with Gasteiger partial charge in [-0.2, -0.15) is 0 Å². The van der Waals surface area contributed by atoms with E-state index in [4.69, 9.17) is 10.5 Å².